The van der Waals surface area contributed by atoms with Crippen LogP contribution >= 0.6 is 15.9 Å². The van der Waals surface area contributed by atoms with Gasteiger partial charge in [0.05, 0.1) is 5.56 Å². The minimum atomic E-state index is 0.0429. The van der Waals surface area contributed by atoms with E-state index in [-0.39, 0.29) is 17.5 Å². The van der Waals surface area contributed by atoms with Gasteiger partial charge in [0, 0.05) is 10.9 Å². The Morgan fingerprint density at radius 2 is 2.23 bits per heavy atom. The maximum absolute atomic E-state index is 11.5. The number of fused-ring (bicyclic) bond motifs is 1. The van der Waals surface area contributed by atoms with E-state index in [0.717, 1.165) is 10.0 Å². The Balaban J connectivity index is 2.74. The van der Waals surface area contributed by atoms with Gasteiger partial charge in [-0.25, -0.2) is 0 Å². The molecule has 0 aliphatic heterocycles. The first-order chi connectivity index (χ1) is 6.11. The summed E-state index contributed by atoms with van der Waals surface area (Å²) in [5.74, 6) is 0.359. The molecule has 0 saturated heterocycles. The summed E-state index contributed by atoms with van der Waals surface area (Å²) in [5, 5.41) is 9.50. The van der Waals surface area contributed by atoms with Crippen molar-refractivity contribution in [1.29, 1.82) is 0 Å². The molecule has 0 radical (unpaired) electrons. The summed E-state index contributed by atoms with van der Waals surface area (Å²) in [5.41, 5.74) is 1.45. The van der Waals surface area contributed by atoms with Crippen LogP contribution in [-0.4, -0.2) is 10.9 Å². The molecule has 1 N–H and O–H groups in total. The first-order valence-corrected chi connectivity index (χ1v) is 4.95. The average Bonchev–Trinajstić information content (AvgIpc) is 2.36. The Hall–Kier alpha value is -0.830. The molecule has 1 aliphatic rings. The number of rotatable bonds is 0. The van der Waals surface area contributed by atoms with Crippen LogP contribution in [-0.2, 0) is 0 Å². The molecule has 0 heterocycles. The van der Waals surface area contributed by atoms with E-state index in [1.165, 1.54) is 0 Å². The quantitative estimate of drug-likeness (QED) is 0.758. The Morgan fingerprint density at radius 1 is 1.54 bits per heavy atom. The molecule has 0 saturated carbocycles. The van der Waals surface area contributed by atoms with E-state index in [0.29, 0.717) is 12.0 Å². The fourth-order valence-corrected chi connectivity index (χ4v) is 2.56. The normalized spacial score (nSPS) is 20.5. The Morgan fingerprint density at radius 3 is 2.85 bits per heavy atom. The molecule has 1 aromatic rings. The summed E-state index contributed by atoms with van der Waals surface area (Å²) in [6.45, 7) is 1.99. The highest BCUT2D eigenvalue weighted by molar-refractivity contribution is 9.10. The third-order valence-corrected chi connectivity index (χ3v) is 3.13. The summed E-state index contributed by atoms with van der Waals surface area (Å²) in [4.78, 5) is 11.5. The maximum atomic E-state index is 11.5. The highest BCUT2D eigenvalue weighted by Crippen LogP contribution is 2.41. The molecule has 1 atom stereocenters. The minimum absolute atomic E-state index is 0.0429. The number of phenols is 1. The van der Waals surface area contributed by atoms with Crippen molar-refractivity contribution in [3.05, 3.63) is 27.7 Å². The highest BCUT2D eigenvalue weighted by atomic mass is 79.9. The first-order valence-electron chi connectivity index (χ1n) is 4.16. The maximum Gasteiger partial charge on any atom is 0.167 e. The number of halogens is 1. The Labute approximate surface area is 84.7 Å². The van der Waals surface area contributed by atoms with Crippen LogP contribution in [0, 0.1) is 0 Å². The molecule has 1 unspecified atom stereocenters. The van der Waals surface area contributed by atoms with Crippen molar-refractivity contribution in [3.8, 4) is 5.75 Å². The molecule has 68 valence electrons. The molecule has 2 nitrogen and oxygen atoms in total. The van der Waals surface area contributed by atoms with Gasteiger partial charge in [-0.1, -0.05) is 22.9 Å². The molecule has 13 heavy (non-hydrogen) atoms. The molecule has 2 rings (SSSR count). The number of Topliss-reactive ketones (excluding diaryl/α,β-unsaturated/α-hetero) is 1. The number of benzene rings is 1. The SMILES string of the molecule is CC1CC(=O)c2c(O)ccc(Br)c21. The van der Waals surface area contributed by atoms with Crippen LogP contribution in [0.5, 0.6) is 5.75 Å². The lowest BCUT2D eigenvalue weighted by atomic mass is 10.0. The second kappa shape index (κ2) is 2.84. The van der Waals surface area contributed by atoms with Crippen molar-refractivity contribution in [2.45, 2.75) is 19.3 Å². The number of carbonyl (C=O) groups excluding carboxylic acids is 1. The van der Waals surface area contributed by atoms with Crippen LogP contribution in [0.15, 0.2) is 16.6 Å². The summed E-state index contributed by atoms with van der Waals surface area (Å²) in [7, 11) is 0. The monoisotopic (exact) mass is 240 g/mol. The van der Waals surface area contributed by atoms with Gasteiger partial charge in [0.2, 0.25) is 0 Å². The van der Waals surface area contributed by atoms with Crippen LogP contribution in [0.2, 0.25) is 0 Å². The van der Waals surface area contributed by atoms with Crippen LogP contribution in [0.1, 0.15) is 35.2 Å². The molecule has 0 spiro atoms. The number of aromatic hydroxyl groups is 1. The van der Waals surface area contributed by atoms with E-state index < -0.39 is 0 Å². The Kier molecular flexibility index (Phi) is 1.91. The third kappa shape index (κ3) is 1.18. The lowest BCUT2D eigenvalue weighted by Gasteiger charge is -2.06. The lowest BCUT2D eigenvalue weighted by molar-refractivity contribution is 0.0988. The first kappa shape index (κ1) is 8.75. The number of ketones is 1. The van der Waals surface area contributed by atoms with E-state index in [2.05, 4.69) is 15.9 Å². The van der Waals surface area contributed by atoms with Gasteiger partial charge < -0.3 is 5.11 Å². The largest absolute Gasteiger partial charge is 0.507 e. The number of phenolic OH excluding ortho intramolecular Hbond substituents is 1. The highest BCUT2D eigenvalue weighted by Gasteiger charge is 2.30. The second-order valence-electron chi connectivity index (χ2n) is 3.38. The summed E-state index contributed by atoms with van der Waals surface area (Å²) in [6.07, 6.45) is 0.505. The molecule has 0 fully saturated rings. The van der Waals surface area contributed by atoms with Gasteiger partial charge in [0.15, 0.2) is 5.78 Å². The van der Waals surface area contributed by atoms with Crippen molar-refractivity contribution in [3.63, 3.8) is 0 Å². The smallest absolute Gasteiger partial charge is 0.167 e. The predicted octanol–water partition coefficient (Wildman–Crippen LogP) is 2.84. The van der Waals surface area contributed by atoms with E-state index in [4.69, 9.17) is 0 Å². The average molecular weight is 241 g/mol. The van der Waals surface area contributed by atoms with Crippen LogP contribution in [0.25, 0.3) is 0 Å². The van der Waals surface area contributed by atoms with Gasteiger partial charge in [-0.3, -0.25) is 4.79 Å². The molecule has 1 aliphatic carbocycles. The fourth-order valence-electron chi connectivity index (χ4n) is 1.84. The predicted molar refractivity (Wildman–Crippen MR) is 53.2 cm³/mol. The third-order valence-electron chi connectivity index (χ3n) is 2.43. The van der Waals surface area contributed by atoms with E-state index in [1.54, 1.807) is 12.1 Å². The minimum Gasteiger partial charge on any atom is -0.507 e. The summed E-state index contributed by atoms with van der Waals surface area (Å²) >= 11 is 3.39. The number of carbonyl (C=O) groups is 1. The number of hydrogen-bond acceptors (Lipinski definition) is 2. The summed E-state index contributed by atoms with van der Waals surface area (Å²) in [6, 6.07) is 3.34. The molecular formula is C10H9BrO2. The van der Waals surface area contributed by atoms with Crippen LogP contribution in [0.4, 0.5) is 0 Å². The van der Waals surface area contributed by atoms with E-state index in [1.807, 2.05) is 6.92 Å². The van der Waals surface area contributed by atoms with Gasteiger partial charge >= 0.3 is 0 Å². The second-order valence-corrected chi connectivity index (χ2v) is 4.24. The zero-order chi connectivity index (χ0) is 9.59. The van der Waals surface area contributed by atoms with Gasteiger partial charge in [0.1, 0.15) is 5.75 Å². The van der Waals surface area contributed by atoms with Crippen molar-refractivity contribution in [2.24, 2.45) is 0 Å². The van der Waals surface area contributed by atoms with Crippen molar-refractivity contribution < 1.29 is 9.90 Å². The molecule has 0 amide bonds. The van der Waals surface area contributed by atoms with Crippen molar-refractivity contribution in [2.75, 3.05) is 0 Å². The van der Waals surface area contributed by atoms with Gasteiger partial charge in [-0.05, 0) is 23.6 Å². The Bertz CT molecular complexity index is 385. The number of hydrogen-bond donors (Lipinski definition) is 1. The van der Waals surface area contributed by atoms with E-state index >= 15 is 0 Å². The van der Waals surface area contributed by atoms with Crippen LogP contribution < -0.4 is 0 Å². The molecular weight excluding hydrogens is 232 g/mol. The molecule has 1 aromatic carbocycles. The molecule has 3 heteroatoms. The van der Waals surface area contributed by atoms with Gasteiger partial charge in [0.25, 0.3) is 0 Å². The zero-order valence-corrected chi connectivity index (χ0v) is 8.76. The van der Waals surface area contributed by atoms with E-state index in [9.17, 15) is 9.90 Å². The fraction of sp³-hybridized carbons (Fsp3) is 0.300. The molecule has 0 aromatic heterocycles. The standard InChI is InChI=1S/C10H9BrO2/c1-5-4-8(13)10-7(12)3-2-6(11)9(5)10/h2-3,5,12H,4H2,1H3. The van der Waals surface area contributed by atoms with Crippen molar-refractivity contribution >= 4 is 21.7 Å². The molecule has 0 bridgehead atoms. The summed E-state index contributed by atoms with van der Waals surface area (Å²) < 4.78 is 0.915. The lowest BCUT2D eigenvalue weighted by Crippen LogP contribution is -1.91. The van der Waals surface area contributed by atoms with Crippen LogP contribution in [0.3, 0.4) is 0 Å². The zero-order valence-electron chi connectivity index (χ0n) is 7.17. The van der Waals surface area contributed by atoms with Gasteiger partial charge in [-0.2, -0.15) is 0 Å². The van der Waals surface area contributed by atoms with Gasteiger partial charge in [-0.15, -0.1) is 0 Å². The van der Waals surface area contributed by atoms with Crippen molar-refractivity contribution in [1.82, 2.24) is 0 Å². The topological polar surface area (TPSA) is 37.3 Å².